The summed E-state index contributed by atoms with van der Waals surface area (Å²) in [6.45, 7) is 8.35. The van der Waals surface area contributed by atoms with Gasteiger partial charge in [-0.3, -0.25) is 4.68 Å². The van der Waals surface area contributed by atoms with Crippen LogP contribution < -0.4 is 5.32 Å². The molecule has 0 amide bonds. The minimum absolute atomic E-state index is 0.223. The average Bonchev–Trinajstić information content (AvgIpc) is 3.12. The van der Waals surface area contributed by atoms with Crippen molar-refractivity contribution >= 4 is 11.7 Å². The highest BCUT2D eigenvalue weighted by molar-refractivity contribution is 6.99. The first-order chi connectivity index (χ1) is 9.78. The van der Waals surface area contributed by atoms with Gasteiger partial charge in [0, 0.05) is 18.7 Å². The Morgan fingerprint density at radius 3 is 2.80 bits per heavy atom. The van der Waals surface area contributed by atoms with Crippen LogP contribution in [-0.4, -0.2) is 25.1 Å². The SMILES string of the molecule is CCCNC(Cc1cc(CC)nn1CC)c1cnsn1. The van der Waals surface area contributed by atoms with Gasteiger partial charge in [0.15, 0.2) is 0 Å². The molecule has 0 saturated heterocycles. The molecule has 0 aliphatic rings. The van der Waals surface area contributed by atoms with Gasteiger partial charge < -0.3 is 5.32 Å². The molecule has 0 aromatic carbocycles. The summed E-state index contributed by atoms with van der Waals surface area (Å²) in [5, 5.41) is 8.18. The van der Waals surface area contributed by atoms with Crippen molar-refractivity contribution in [2.75, 3.05) is 6.54 Å². The Bertz CT molecular complexity index is 506. The minimum atomic E-state index is 0.223. The maximum absolute atomic E-state index is 4.62. The summed E-state index contributed by atoms with van der Waals surface area (Å²) in [6.07, 6.45) is 4.87. The summed E-state index contributed by atoms with van der Waals surface area (Å²) in [4.78, 5) is 0. The lowest BCUT2D eigenvalue weighted by atomic mass is 10.1. The van der Waals surface area contributed by atoms with Gasteiger partial charge in [0.25, 0.3) is 0 Å². The molecule has 1 unspecified atom stereocenters. The third-order valence-corrected chi connectivity index (χ3v) is 3.86. The normalized spacial score (nSPS) is 12.8. The Kier molecular flexibility index (Phi) is 5.67. The second-order valence-corrected chi connectivity index (χ2v) is 5.40. The Balaban J connectivity index is 2.16. The zero-order valence-electron chi connectivity index (χ0n) is 12.5. The summed E-state index contributed by atoms with van der Waals surface area (Å²) in [5.41, 5.74) is 3.46. The van der Waals surface area contributed by atoms with Gasteiger partial charge in [0.2, 0.25) is 0 Å². The van der Waals surface area contributed by atoms with E-state index in [2.05, 4.69) is 50.7 Å². The van der Waals surface area contributed by atoms with Crippen LogP contribution in [0.3, 0.4) is 0 Å². The molecule has 2 rings (SSSR count). The lowest BCUT2D eigenvalue weighted by molar-refractivity contribution is 0.496. The average molecular weight is 293 g/mol. The van der Waals surface area contributed by atoms with Crippen molar-refractivity contribution in [2.45, 2.75) is 52.6 Å². The van der Waals surface area contributed by atoms with Crippen LogP contribution in [-0.2, 0) is 19.4 Å². The predicted octanol–water partition coefficient (Wildman–Crippen LogP) is 2.60. The van der Waals surface area contributed by atoms with Crippen molar-refractivity contribution in [3.8, 4) is 0 Å². The second kappa shape index (κ2) is 7.50. The number of nitrogens with one attached hydrogen (secondary N) is 1. The first-order valence-electron chi connectivity index (χ1n) is 7.34. The lowest BCUT2D eigenvalue weighted by Crippen LogP contribution is -2.25. The van der Waals surface area contributed by atoms with Gasteiger partial charge in [-0.05, 0) is 32.4 Å². The molecule has 0 radical (unpaired) electrons. The molecule has 2 aromatic heterocycles. The standard InChI is InChI=1S/C14H23N5S/c1-4-7-15-13(14-10-16-20-18-14)9-12-8-11(5-2)17-19(12)6-3/h8,10,13,15H,4-7,9H2,1-3H3. The number of hydrogen-bond acceptors (Lipinski definition) is 5. The van der Waals surface area contributed by atoms with E-state index in [1.54, 1.807) is 0 Å². The van der Waals surface area contributed by atoms with Gasteiger partial charge in [-0.25, -0.2) is 0 Å². The minimum Gasteiger partial charge on any atom is -0.308 e. The molecule has 2 heterocycles. The van der Waals surface area contributed by atoms with Gasteiger partial charge in [-0.2, -0.15) is 13.8 Å². The molecule has 20 heavy (non-hydrogen) atoms. The maximum atomic E-state index is 4.62. The highest BCUT2D eigenvalue weighted by Crippen LogP contribution is 2.18. The fourth-order valence-corrected chi connectivity index (χ4v) is 2.73. The molecule has 1 N–H and O–H groups in total. The molecule has 0 aliphatic heterocycles. The predicted molar refractivity (Wildman–Crippen MR) is 81.9 cm³/mol. The van der Waals surface area contributed by atoms with Gasteiger partial charge in [0.05, 0.1) is 35.4 Å². The Labute approximate surface area is 124 Å². The van der Waals surface area contributed by atoms with Crippen molar-refractivity contribution in [1.82, 2.24) is 23.8 Å². The fraction of sp³-hybridized carbons (Fsp3) is 0.643. The smallest absolute Gasteiger partial charge is 0.0916 e. The third kappa shape index (κ3) is 3.64. The number of nitrogens with zero attached hydrogens (tertiary/aromatic N) is 4. The van der Waals surface area contributed by atoms with Crippen LogP contribution in [0.25, 0.3) is 0 Å². The molecule has 2 aromatic rings. The topological polar surface area (TPSA) is 55.6 Å². The first kappa shape index (κ1) is 15.1. The highest BCUT2D eigenvalue weighted by Gasteiger charge is 2.17. The van der Waals surface area contributed by atoms with E-state index in [0.717, 1.165) is 43.7 Å². The van der Waals surface area contributed by atoms with Crippen LogP contribution in [0.2, 0.25) is 0 Å². The molecule has 0 aliphatic carbocycles. The van der Waals surface area contributed by atoms with Crippen molar-refractivity contribution in [3.05, 3.63) is 29.3 Å². The number of hydrogen-bond donors (Lipinski definition) is 1. The molecule has 6 heteroatoms. The van der Waals surface area contributed by atoms with Gasteiger partial charge in [0.1, 0.15) is 0 Å². The second-order valence-electron chi connectivity index (χ2n) is 4.84. The van der Waals surface area contributed by atoms with Crippen molar-refractivity contribution in [3.63, 3.8) is 0 Å². The summed E-state index contributed by atoms with van der Waals surface area (Å²) in [6, 6.07) is 2.43. The van der Waals surface area contributed by atoms with E-state index >= 15 is 0 Å². The summed E-state index contributed by atoms with van der Waals surface area (Å²) < 4.78 is 10.6. The van der Waals surface area contributed by atoms with Crippen molar-refractivity contribution in [2.24, 2.45) is 0 Å². The van der Waals surface area contributed by atoms with E-state index in [0.29, 0.717) is 0 Å². The van der Waals surface area contributed by atoms with Crippen LogP contribution in [0.15, 0.2) is 12.3 Å². The maximum Gasteiger partial charge on any atom is 0.0916 e. The van der Waals surface area contributed by atoms with Crippen LogP contribution >= 0.6 is 11.7 Å². The van der Waals surface area contributed by atoms with E-state index in [-0.39, 0.29) is 6.04 Å². The summed E-state index contributed by atoms with van der Waals surface area (Å²) >= 11 is 1.27. The van der Waals surface area contributed by atoms with Crippen LogP contribution in [0, 0.1) is 0 Å². The Morgan fingerprint density at radius 1 is 1.35 bits per heavy atom. The molecule has 0 spiro atoms. The largest absolute Gasteiger partial charge is 0.308 e. The number of aryl methyl sites for hydroxylation is 2. The van der Waals surface area contributed by atoms with Crippen molar-refractivity contribution < 1.29 is 0 Å². The fourth-order valence-electron chi connectivity index (χ4n) is 2.26. The molecule has 110 valence electrons. The zero-order valence-corrected chi connectivity index (χ0v) is 13.3. The molecule has 0 fully saturated rings. The number of rotatable bonds is 8. The molecule has 0 bridgehead atoms. The van der Waals surface area contributed by atoms with E-state index < -0.39 is 0 Å². The van der Waals surface area contributed by atoms with E-state index in [1.165, 1.54) is 17.4 Å². The monoisotopic (exact) mass is 293 g/mol. The van der Waals surface area contributed by atoms with E-state index in [1.807, 2.05) is 6.20 Å². The van der Waals surface area contributed by atoms with E-state index in [4.69, 9.17) is 0 Å². The van der Waals surface area contributed by atoms with Gasteiger partial charge in [-0.15, -0.1) is 0 Å². The van der Waals surface area contributed by atoms with Crippen molar-refractivity contribution in [1.29, 1.82) is 0 Å². The quantitative estimate of drug-likeness (QED) is 0.813. The summed E-state index contributed by atoms with van der Waals surface area (Å²) in [7, 11) is 0. The summed E-state index contributed by atoms with van der Waals surface area (Å²) in [5.74, 6) is 0. The van der Waals surface area contributed by atoms with Gasteiger partial charge >= 0.3 is 0 Å². The van der Waals surface area contributed by atoms with E-state index in [9.17, 15) is 0 Å². The van der Waals surface area contributed by atoms with Crippen LogP contribution in [0.1, 0.15) is 50.3 Å². The molecular weight excluding hydrogens is 270 g/mol. The first-order valence-corrected chi connectivity index (χ1v) is 8.07. The third-order valence-electron chi connectivity index (χ3n) is 3.37. The molecular formula is C14H23N5S. The Hall–Kier alpha value is -1.27. The molecule has 1 atom stereocenters. The number of aromatic nitrogens is 4. The highest BCUT2D eigenvalue weighted by atomic mass is 32.1. The van der Waals surface area contributed by atoms with Crippen LogP contribution in [0.5, 0.6) is 0 Å². The van der Waals surface area contributed by atoms with Gasteiger partial charge in [-0.1, -0.05) is 13.8 Å². The Morgan fingerprint density at radius 2 is 2.20 bits per heavy atom. The molecule has 5 nitrogen and oxygen atoms in total. The lowest BCUT2D eigenvalue weighted by Gasteiger charge is -2.16. The zero-order chi connectivity index (χ0) is 14.4. The van der Waals surface area contributed by atoms with Crippen LogP contribution in [0.4, 0.5) is 0 Å². The molecule has 0 saturated carbocycles.